The summed E-state index contributed by atoms with van der Waals surface area (Å²) in [5.41, 5.74) is 1.25. The Morgan fingerprint density at radius 1 is 0.913 bits per heavy atom. The van der Waals surface area contributed by atoms with Crippen molar-refractivity contribution in [2.75, 3.05) is 0 Å². The lowest BCUT2D eigenvalue weighted by Crippen LogP contribution is -2.33. The zero-order valence-electron chi connectivity index (χ0n) is 12.5. The molecule has 1 N–H and O–H groups in total. The minimum absolute atomic E-state index is 0.126. The van der Waals surface area contributed by atoms with Crippen molar-refractivity contribution in [2.45, 2.75) is 6.92 Å². The maximum absolute atomic E-state index is 12.2. The van der Waals surface area contributed by atoms with Crippen LogP contribution in [0.25, 0.3) is 0 Å². The molecule has 116 valence electrons. The van der Waals surface area contributed by atoms with Crippen LogP contribution in [0.2, 0.25) is 0 Å². The van der Waals surface area contributed by atoms with Gasteiger partial charge in [0, 0.05) is 16.7 Å². The lowest BCUT2D eigenvalue weighted by Gasteiger charge is -2.06. The van der Waals surface area contributed by atoms with Crippen LogP contribution in [0.1, 0.15) is 22.8 Å². The van der Waals surface area contributed by atoms with Crippen molar-refractivity contribution in [3.8, 4) is 5.75 Å². The topological polar surface area (TPSA) is 72.5 Å². The Hall–Kier alpha value is -3.21. The molecule has 23 heavy (non-hydrogen) atoms. The fourth-order valence-corrected chi connectivity index (χ4v) is 1.76. The number of ether oxygens (including phenoxy) is 1. The molecule has 0 aliphatic carbocycles. The van der Waals surface area contributed by atoms with Gasteiger partial charge in [0.05, 0.1) is 0 Å². The molecular weight excluding hydrogens is 294 g/mol. The molecule has 2 rings (SSSR count). The molecule has 0 unspecified atom stereocenters. The molecule has 0 atom stereocenters. The minimum Gasteiger partial charge on any atom is -0.410 e. The molecule has 0 aromatic heterocycles. The van der Waals surface area contributed by atoms with E-state index in [-0.39, 0.29) is 17.1 Å². The number of nitrogens with one attached hydrogen (secondary N) is 1. The second-order valence-corrected chi connectivity index (χ2v) is 4.84. The number of amides is 2. The molecule has 5 nitrogen and oxygen atoms in total. The van der Waals surface area contributed by atoms with Crippen molar-refractivity contribution in [3.63, 3.8) is 0 Å². The Morgan fingerprint density at radius 3 is 2.04 bits per heavy atom. The lowest BCUT2D eigenvalue weighted by atomic mass is 10.0. The molecule has 0 heterocycles. The minimum atomic E-state index is -0.903. The molecule has 2 amide bonds. The third-order valence-electron chi connectivity index (χ3n) is 2.97. The first kappa shape index (κ1) is 16.2. The molecule has 0 aliphatic heterocycles. The molecule has 2 aromatic rings. The van der Waals surface area contributed by atoms with Gasteiger partial charge in [0.25, 0.3) is 5.91 Å². The standard InChI is InChI=1S/C18H15NO4/c1-12(2)17(21)19-18(22)23-15-10-8-14(9-11-15)16(20)13-6-4-3-5-7-13/h3-11H,1H2,2H3,(H,19,21,22). The fourth-order valence-electron chi connectivity index (χ4n) is 1.76. The number of imide groups is 1. The summed E-state index contributed by atoms with van der Waals surface area (Å²) in [4.78, 5) is 35.0. The molecule has 2 aromatic carbocycles. The highest BCUT2D eigenvalue weighted by Gasteiger charge is 2.12. The Labute approximate surface area is 133 Å². The Balaban J connectivity index is 2.02. The van der Waals surface area contributed by atoms with Gasteiger partial charge in [-0.2, -0.15) is 0 Å². The van der Waals surface area contributed by atoms with Crippen LogP contribution in [0.15, 0.2) is 66.7 Å². The van der Waals surface area contributed by atoms with Crippen LogP contribution in [0.3, 0.4) is 0 Å². The molecule has 0 fully saturated rings. The predicted octanol–water partition coefficient (Wildman–Crippen LogP) is 3.11. The number of carbonyl (C=O) groups is 3. The first-order valence-corrected chi connectivity index (χ1v) is 6.86. The molecular formula is C18H15NO4. The summed E-state index contributed by atoms with van der Waals surface area (Å²) in [5.74, 6) is -0.508. The second kappa shape index (κ2) is 7.17. The van der Waals surface area contributed by atoms with Gasteiger partial charge in [-0.3, -0.25) is 14.9 Å². The van der Waals surface area contributed by atoms with E-state index in [9.17, 15) is 14.4 Å². The summed E-state index contributed by atoms with van der Waals surface area (Å²) in [6, 6.07) is 14.9. The third kappa shape index (κ3) is 4.38. The monoisotopic (exact) mass is 309 g/mol. The van der Waals surface area contributed by atoms with E-state index in [2.05, 4.69) is 6.58 Å². The largest absolute Gasteiger partial charge is 0.419 e. The van der Waals surface area contributed by atoms with Crippen LogP contribution in [0, 0.1) is 0 Å². The van der Waals surface area contributed by atoms with Gasteiger partial charge in [-0.15, -0.1) is 0 Å². The van der Waals surface area contributed by atoms with Crippen molar-refractivity contribution in [3.05, 3.63) is 77.9 Å². The Morgan fingerprint density at radius 2 is 1.48 bits per heavy atom. The highest BCUT2D eigenvalue weighted by Crippen LogP contribution is 2.15. The van der Waals surface area contributed by atoms with Crippen LogP contribution < -0.4 is 10.1 Å². The summed E-state index contributed by atoms with van der Waals surface area (Å²) in [5, 5.41) is 2.02. The van der Waals surface area contributed by atoms with Crippen molar-refractivity contribution in [1.82, 2.24) is 5.32 Å². The van der Waals surface area contributed by atoms with Crippen LogP contribution in [0.5, 0.6) is 5.75 Å². The number of benzene rings is 2. The van der Waals surface area contributed by atoms with E-state index >= 15 is 0 Å². The zero-order valence-corrected chi connectivity index (χ0v) is 12.5. The van der Waals surface area contributed by atoms with E-state index in [0.29, 0.717) is 11.1 Å². The summed E-state index contributed by atoms with van der Waals surface area (Å²) in [7, 11) is 0. The molecule has 5 heteroatoms. The number of carbonyl (C=O) groups excluding carboxylic acids is 3. The number of hydrogen-bond acceptors (Lipinski definition) is 4. The van der Waals surface area contributed by atoms with Crippen LogP contribution >= 0.6 is 0 Å². The SMILES string of the molecule is C=C(C)C(=O)NC(=O)Oc1ccc(C(=O)c2ccccc2)cc1. The number of hydrogen-bond donors (Lipinski definition) is 1. The van der Waals surface area contributed by atoms with E-state index < -0.39 is 12.0 Å². The average Bonchev–Trinajstić information content (AvgIpc) is 2.55. The average molecular weight is 309 g/mol. The first-order chi connectivity index (χ1) is 11.0. The maximum Gasteiger partial charge on any atom is 0.419 e. The van der Waals surface area contributed by atoms with Gasteiger partial charge in [-0.05, 0) is 31.2 Å². The Kier molecular flexibility index (Phi) is 5.04. The van der Waals surface area contributed by atoms with Gasteiger partial charge in [0.15, 0.2) is 5.78 Å². The van der Waals surface area contributed by atoms with E-state index in [4.69, 9.17) is 4.74 Å². The normalized spacial score (nSPS) is 9.78. The second-order valence-electron chi connectivity index (χ2n) is 4.84. The van der Waals surface area contributed by atoms with Gasteiger partial charge in [0.1, 0.15) is 5.75 Å². The first-order valence-electron chi connectivity index (χ1n) is 6.86. The van der Waals surface area contributed by atoms with Crippen molar-refractivity contribution < 1.29 is 19.1 Å². The van der Waals surface area contributed by atoms with Crippen molar-refractivity contribution in [2.24, 2.45) is 0 Å². The predicted molar refractivity (Wildman–Crippen MR) is 85.3 cm³/mol. The van der Waals surface area contributed by atoms with Gasteiger partial charge < -0.3 is 4.74 Å². The van der Waals surface area contributed by atoms with Gasteiger partial charge >= 0.3 is 6.09 Å². The van der Waals surface area contributed by atoms with Crippen molar-refractivity contribution in [1.29, 1.82) is 0 Å². The van der Waals surface area contributed by atoms with E-state index in [0.717, 1.165) is 0 Å². The van der Waals surface area contributed by atoms with Crippen LogP contribution in [0.4, 0.5) is 4.79 Å². The van der Waals surface area contributed by atoms with Gasteiger partial charge in [0.2, 0.25) is 0 Å². The number of ketones is 1. The van der Waals surface area contributed by atoms with Gasteiger partial charge in [-0.25, -0.2) is 4.79 Å². The van der Waals surface area contributed by atoms with E-state index in [1.165, 1.54) is 19.1 Å². The molecule has 0 aliphatic rings. The maximum atomic E-state index is 12.2. The molecule has 0 saturated heterocycles. The zero-order chi connectivity index (χ0) is 16.8. The van der Waals surface area contributed by atoms with Crippen molar-refractivity contribution >= 4 is 17.8 Å². The highest BCUT2D eigenvalue weighted by atomic mass is 16.6. The van der Waals surface area contributed by atoms with Crippen LogP contribution in [-0.2, 0) is 4.79 Å². The summed E-state index contributed by atoms with van der Waals surface area (Å²) >= 11 is 0. The Bertz CT molecular complexity index is 748. The smallest absolute Gasteiger partial charge is 0.410 e. The quantitative estimate of drug-likeness (QED) is 0.696. The summed E-state index contributed by atoms with van der Waals surface area (Å²) in [6.45, 7) is 4.90. The van der Waals surface area contributed by atoms with Crippen LogP contribution in [-0.4, -0.2) is 17.8 Å². The molecule has 0 bridgehead atoms. The van der Waals surface area contributed by atoms with Gasteiger partial charge in [-0.1, -0.05) is 36.9 Å². The van der Waals surface area contributed by atoms with E-state index in [1.807, 2.05) is 11.4 Å². The molecule has 0 radical (unpaired) electrons. The van der Waals surface area contributed by atoms with E-state index in [1.54, 1.807) is 36.4 Å². The summed E-state index contributed by atoms with van der Waals surface area (Å²) < 4.78 is 4.95. The molecule has 0 saturated carbocycles. The highest BCUT2D eigenvalue weighted by molar-refractivity contribution is 6.09. The third-order valence-corrected chi connectivity index (χ3v) is 2.97. The summed E-state index contributed by atoms with van der Waals surface area (Å²) in [6.07, 6.45) is -0.903. The lowest BCUT2D eigenvalue weighted by molar-refractivity contribution is -0.116. The molecule has 0 spiro atoms. The number of rotatable bonds is 4. The fraction of sp³-hybridized carbons (Fsp3) is 0.0556.